The Morgan fingerprint density at radius 1 is 1.48 bits per heavy atom. The molecule has 1 aliphatic rings. The number of aliphatic hydroxyl groups excluding tert-OH is 1. The van der Waals surface area contributed by atoms with Gasteiger partial charge in [0.1, 0.15) is 17.6 Å². The van der Waals surface area contributed by atoms with Crippen LogP contribution in [-0.4, -0.2) is 15.1 Å². The third kappa shape index (κ3) is 3.42. The number of allylic oxidation sites excluding steroid dienone is 1. The monoisotopic (exact) mass is 318 g/mol. The van der Waals surface area contributed by atoms with Crippen LogP contribution in [-0.2, 0) is 6.42 Å². The Kier molecular flexibility index (Phi) is 4.51. The van der Waals surface area contributed by atoms with Gasteiger partial charge in [-0.2, -0.15) is 0 Å². The SMILES string of the molecule is OC(c1cc(CC2=C=CCCC2)cs1)c1cncnc1Cl. The Balaban J connectivity index is 1.78. The number of halogens is 1. The van der Waals surface area contributed by atoms with Crippen LogP contribution in [0.5, 0.6) is 0 Å². The largest absolute Gasteiger partial charge is 0.383 e. The molecule has 0 saturated carbocycles. The molecule has 0 bridgehead atoms. The summed E-state index contributed by atoms with van der Waals surface area (Å²) in [5.41, 5.74) is 6.43. The van der Waals surface area contributed by atoms with Crippen LogP contribution in [0.25, 0.3) is 0 Å². The summed E-state index contributed by atoms with van der Waals surface area (Å²) in [6.45, 7) is 0. The molecule has 21 heavy (non-hydrogen) atoms. The van der Waals surface area contributed by atoms with Crippen LogP contribution in [0.4, 0.5) is 0 Å². The molecule has 1 atom stereocenters. The van der Waals surface area contributed by atoms with E-state index in [4.69, 9.17) is 11.6 Å². The fraction of sp³-hybridized carbons (Fsp3) is 0.312. The van der Waals surface area contributed by atoms with Gasteiger partial charge >= 0.3 is 0 Å². The molecule has 5 heteroatoms. The highest BCUT2D eigenvalue weighted by molar-refractivity contribution is 7.10. The van der Waals surface area contributed by atoms with E-state index >= 15 is 0 Å². The maximum Gasteiger partial charge on any atom is 0.138 e. The van der Waals surface area contributed by atoms with Crippen molar-refractivity contribution in [3.8, 4) is 0 Å². The highest BCUT2D eigenvalue weighted by atomic mass is 35.5. The molecule has 3 nitrogen and oxygen atoms in total. The molecule has 0 aromatic carbocycles. The minimum Gasteiger partial charge on any atom is -0.383 e. The average molecular weight is 319 g/mol. The molecule has 1 N–H and O–H groups in total. The van der Waals surface area contributed by atoms with E-state index in [1.54, 1.807) is 6.20 Å². The number of hydrogen-bond acceptors (Lipinski definition) is 4. The van der Waals surface area contributed by atoms with Gasteiger partial charge in [0.05, 0.1) is 0 Å². The van der Waals surface area contributed by atoms with Crippen LogP contribution in [0.2, 0.25) is 5.15 Å². The molecule has 2 aromatic heterocycles. The van der Waals surface area contributed by atoms with Crippen LogP contribution < -0.4 is 0 Å². The quantitative estimate of drug-likeness (QED) is 0.682. The zero-order valence-electron chi connectivity index (χ0n) is 11.4. The van der Waals surface area contributed by atoms with Crippen molar-refractivity contribution in [1.82, 2.24) is 9.97 Å². The lowest BCUT2D eigenvalue weighted by Gasteiger charge is -2.09. The standard InChI is InChI=1S/C16H15ClN2OS/c17-16-13(8-18-10-19-16)15(20)14-7-12(9-21-14)6-11-4-2-1-3-5-11/h2,7-10,15,20H,1,3,5-6H2. The number of thiophene rings is 1. The molecular formula is C16H15ClN2OS. The van der Waals surface area contributed by atoms with Gasteiger partial charge in [0.25, 0.3) is 0 Å². The number of rotatable bonds is 4. The average Bonchev–Trinajstić information content (AvgIpc) is 2.97. The second-order valence-electron chi connectivity index (χ2n) is 5.05. The van der Waals surface area contributed by atoms with Crippen molar-refractivity contribution < 1.29 is 5.11 Å². The van der Waals surface area contributed by atoms with E-state index in [-0.39, 0.29) is 0 Å². The molecule has 0 saturated heterocycles. The first-order valence-corrected chi connectivity index (χ1v) is 8.13. The molecule has 0 aliphatic heterocycles. The molecule has 0 radical (unpaired) electrons. The van der Waals surface area contributed by atoms with Crippen LogP contribution in [0, 0.1) is 0 Å². The fourth-order valence-electron chi connectivity index (χ4n) is 2.38. The Morgan fingerprint density at radius 3 is 3.14 bits per heavy atom. The maximum absolute atomic E-state index is 10.4. The van der Waals surface area contributed by atoms with Crippen molar-refractivity contribution in [3.05, 3.63) is 62.5 Å². The first-order valence-electron chi connectivity index (χ1n) is 6.87. The molecule has 0 amide bonds. The van der Waals surface area contributed by atoms with Gasteiger partial charge in [-0.15, -0.1) is 17.1 Å². The zero-order valence-corrected chi connectivity index (χ0v) is 13.0. The molecule has 1 unspecified atom stereocenters. The third-order valence-electron chi connectivity index (χ3n) is 3.48. The van der Waals surface area contributed by atoms with E-state index in [1.807, 2.05) is 6.07 Å². The van der Waals surface area contributed by atoms with Gasteiger partial charge < -0.3 is 5.11 Å². The van der Waals surface area contributed by atoms with Gasteiger partial charge in [-0.25, -0.2) is 9.97 Å². The summed E-state index contributed by atoms with van der Waals surface area (Å²) in [6, 6.07) is 2.03. The molecule has 0 spiro atoms. The molecule has 3 rings (SSSR count). The molecule has 0 fully saturated rings. The normalized spacial score (nSPS) is 15.8. The molecule has 2 heterocycles. The van der Waals surface area contributed by atoms with E-state index in [0.717, 1.165) is 24.1 Å². The lowest BCUT2D eigenvalue weighted by atomic mass is 9.99. The summed E-state index contributed by atoms with van der Waals surface area (Å²) >= 11 is 7.54. The minimum atomic E-state index is -0.770. The van der Waals surface area contributed by atoms with Crippen LogP contribution >= 0.6 is 22.9 Å². The third-order valence-corrected chi connectivity index (χ3v) is 4.83. The molecule has 1 aliphatic carbocycles. The summed E-state index contributed by atoms with van der Waals surface area (Å²) < 4.78 is 0. The summed E-state index contributed by atoms with van der Waals surface area (Å²) in [6.07, 6.45) is 8.63. The minimum absolute atomic E-state index is 0.297. The molecule has 2 aromatic rings. The summed E-state index contributed by atoms with van der Waals surface area (Å²) in [4.78, 5) is 8.69. The fourth-order valence-corrected chi connectivity index (χ4v) is 3.49. The Morgan fingerprint density at radius 2 is 2.38 bits per heavy atom. The topological polar surface area (TPSA) is 46.0 Å². The van der Waals surface area contributed by atoms with Gasteiger partial charge in [0, 0.05) is 23.1 Å². The predicted octanol–water partition coefficient (Wildman–Crippen LogP) is 4.08. The van der Waals surface area contributed by atoms with E-state index in [9.17, 15) is 5.11 Å². The summed E-state index contributed by atoms with van der Waals surface area (Å²) in [5.74, 6) is 0. The van der Waals surface area contributed by atoms with Gasteiger partial charge in [0.2, 0.25) is 0 Å². The molecule has 108 valence electrons. The number of aromatic nitrogens is 2. The van der Waals surface area contributed by atoms with Crippen molar-refractivity contribution in [2.75, 3.05) is 0 Å². The highest BCUT2D eigenvalue weighted by Gasteiger charge is 2.17. The Labute approximate surface area is 132 Å². The van der Waals surface area contributed by atoms with Crippen molar-refractivity contribution >= 4 is 22.9 Å². The smallest absolute Gasteiger partial charge is 0.138 e. The van der Waals surface area contributed by atoms with Crippen molar-refractivity contribution in [2.24, 2.45) is 0 Å². The van der Waals surface area contributed by atoms with Crippen LogP contribution in [0.15, 0.2) is 41.4 Å². The number of hydrogen-bond donors (Lipinski definition) is 1. The van der Waals surface area contributed by atoms with Gasteiger partial charge in [-0.1, -0.05) is 11.6 Å². The second-order valence-corrected chi connectivity index (χ2v) is 6.35. The van der Waals surface area contributed by atoms with E-state index in [1.165, 1.54) is 35.2 Å². The zero-order chi connectivity index (χ0) is 14.7. The number of aliphatic hydroxyl groups is 1. The first kappa shape index (κ1) is 14.5. The van der Waals surface area contributed by atoms with E-state index < -0.39 is 6.10 Å². The second kappa shape index (κ2) is 6.54. The van der Waals surface area contributed by atoms with Crippen LogP contribution in [0.3, 0.4) is 0 Å². The van der Waals surface area contributed by atoms with Crippen LogP contribution in [0.1, 0.15) is 41.4 Å². The van der Waals surface area contributed by atoms with Crippen molar-refractivity contribution in [3.63, 3.8) is 0 Å². The van der Waals surface area contributed by atoms with Gasteiger partial charge in [0.15, 0.2) is 0 Å². The Hall–Kier alpha value is -1.45. The van der Waals surface area contributed by atoms with Crippen molar-refractivity contribution in [1.29, 1.82) is 0 Å². The maximum atomic E-state index is 10.4. The first-order chi connectivity index (χ1) is 10.2. The van der Waals surface area contributed by atoms with Crippen molar-refractivity contribution in [2.45, 2.75) is 31.8 Å². The van der Waals surface area contributed by atoms with Gasteiger partial charge in [-0.3, -0.25) is 0 Å². The predicted molar refractivity (Wildman–Crippen MR) is 84.6 cm³/mol. The molecular weight excluding hydrogens is 304 g/mol. The lowest BCUT2D eigenvalue weighted by Crippen LogP contribution is -2.00. The summed E-state index contributed by atoms with van der Waals surface area (Å²) in [7, 11) is 0. The van der Waals surface area contributed by atoms with E-state index in [2.05, 4.69) is 27.2 Å². The lowest BCUT2D eigenvalue weighted by molar-refractivity contribution is 0.223. The summed E-state index contributed by atoms with van der Waals surface area (Å²) in [5, 5.41) is 12.8. The number of nitrogens with zero attached hydrogens (tertiary/aromatic N) is 2. The van der Waals surface area contributed by atoms with Gasteiger partial charge in [-0.05, 0) is 47.9 Å². The highest BCUT2D eigenvalue weighted by Crippen LogP contribution is 2.31. The van der Waals surface area contributed by atoms with E-state index in [0.29, 0.717) is 10.7 Å². The Bertz CT molecular complexity index is 704.